The summed E-state index contributed by atoms with van der Waals surface area (Å²) in [5.41, 5.74) is -0.323. The van der Waals surface area contributed by atoms with E-state index in [1.807, 2.05) is 0 Å². The molecule has 0 N–H and O–H groups in total. The van der Waals surface area contributed by atoms with Gasteiger partial charge in [-0.15, -0.1) is 0 Å². The van der Waals surface area contributed by atoms with Crippen LogP contribution in [0, 0.1) is 22.7 Å². The van der Waals surface area contributed by atoms with Gasteiger partial charge in [0.25, 0.3) is 0 Å². The number of hydrogen-bond donors (Lipinski definition) is 0. The molecule has 0 radical (unpaired) electrons. The van der Waals surface area contributed by atoms with E-state index in [0.717, 1.165) is 0 Å². The Morgan fingerprint density at radius 2 is 1.36 bits per heavy atom. The molecule has 1 aromatic rings. The van der Waals surface area contributed by atoms with E-state index in [4.69, 9.17) is 10.5 Å². The third kappa shape index (κ3) is 1.01. The highest BCUT2D eigenvalue weighted by molar-refractivity contribution is 5.76. The van der Waals surface area contributed by atoms with Crippen LogP contribution in [0.2, 0.25) is 0 Å². The summed E-state index contributed by atoms with van der Waals surface area (Å²) in [6.45, 7) is 0. The first-order chi connectivity index (χ1) is 6.74. The highest BCUT2D eigenvalue weighted by Crippen LogP contribution is 1.93. The largest absolute Gasteiger partial charge is 0.371 e. The van der Waals surface area contributed by atoms with E-state index >= 15 is 0 Å². The molecule has 0 saturated heterocycles. The van der Waals surface area contributed by atoms with Crippen LogP contribution in [-0.2, 0) is 0 Å². The SMILES string of the molecule is N#Cc1nc2c(nc1C#N)=NC(=O)N=2. The van der Waals surface area contributed by atoms with Crippen LogP contribution in [-0.4, -0.2) is 16.0 Å². The summed E-state index contributed by atoms with van der Waals surface area (Å²) >= 11 is 0. The Bertz CT molecular complexity index is 577. The fraction of sp³-hybridized carbons (Fsp3) is 0. The Morgan fingerprint density at radius 3 is 1.71 bits per heavy atom. The molecule has 0 saturated carbocycles. The van der Waals surface area contributed by atoms with Crippen molar-refractivity contribution in [3.8, 4) is 12.1 Å². The number of nitriles is 2. The fourth-order valence-corrected chi connectivity index (χ4v) is 0.930. The van der Waals surface area contributed by atoms with E-state index in [2.05, 4.69) is 20.0 Å². The van der Waals surface area contributed by atoms with Crippen LogP contribution in [0.3, 0.4) is 0 Å². The maximum absolute atomic E-state index is 10.7. The molecule has 14 heavy (non-hydrogen) atoms. The van der Waals surface area contributed by atoms with Crippen molar-refractivity contribution < 1.29 is 4.79 Å². The number of nitrogens with zero attached hydrogens (tertiary/aromatic N) is 6. The number of amides is 2. The second kappa shape index (κ2) is 2.68. The van der Waals surface area contributed by atoms with Gasteiger partial charge in [0, 0.05) is 0 Å². The van der Waals surface area contributed by atoms with Crippen LogP contribution in [0.1, 0.15) is 11.4 Å². The van der Waals surface area contributed by atoms with Crippen molar-refractivity contribution in [1.29, 1.82) is 10.5 Å². The molecular weight excluding hydrogens is 184 g/mol. The van der Waals surface area contributed by atoms with Crippen molar-refractivity contribution >= 4 is 6.03 Å². The molecule has 2 heterocycles. The molecule has 0 aliphatic carbocycles. The molecule has 1 aliphatic rings. The van der Waals surface area contributed by atoms with Gasteiger partial charge in [0.2, 0.25) is 11.0 Å². The molecule has 64 valence electrons. The lowest BCUT2D eigenvalue weighted by Gasteiger charge is -1.87. The van der Waals surface area contributed by atoms with E-state index in [0.29, 0.717) is 0 Å². The molecule has 0 bridgehead atoms. The first-order valence-corrected chi connectivity index (χ1v) is 3.44. The quantitative estimate of drug-likeness (QED) is 0.491. The summed E-state index contributed by atoms with van der Waals surface area (Å²) in [7, 11) is 0. The van der Waals surface area contributed by atoms with E-state index < -0.39 is 6.03 Å². The normalized spacial score (nSPS) is 12.0. The molecule has 1 aromatic heterocycles. The number of rotatable bonds is 0. The molecule has 2 rings (SSSR count). The van der Waals surface area contributed by atoms with Crippen LogP contribution < -0.4 is 11.0 Å². The smallest absolute Gasteiger partial charge is 0.244 e. The highest BCUT2D eigenvalue weighted by atomic mass is 16.2. The molecular formula is C7N6O. The molecule has 2 amide bonds. The lowest BCUT2D eigenvalue weighted by molar-refractivity contribution is 0.256. The lowest BCUT2D eigenvalue weighted by Crippen LogP contribution is -2.31. The monoisotopic (exact) mass is 184 g/mol. The first kappa shape index (κ1) is 7.95. The zero-order valence-electron chi connectivity index (χ0n) is 6.59. The van der Waals surface area contributed by atoms with Crippen LogP contribution in [0.4, 0.5) is 4.79 Å². The highest BCUT2D eigenvalue weighted by Gasteiger charge is 2.12. The zero-order valence-corrected chi connectivity index (χ0v) is 6.59. The van der Waals surface area contributed by atoms with Crippen LogP contribution in [0.25, 0.3) is 0 Å². The van der Waals surface area contributed by atoms with Gasteiger partial charge in [-0.05, 0) is 0 Å². The Kier molecular flexibility index (Phi) is 1.52. The van der Waals surface area contributed by atoms with Crippen LogP contribution in [0.15, 0.2) is 9.98 Å². The van der Waals surface area contributed by atoms with E-state index in [1.165, 1.54) is 0 Å². The average Bonchev–Trinajstić information content (AvgIpc) is 2.54. The van der Waals surface area contributed by atoms with Crippen molar-refractivity contribution in [2.45, 2.75) is 0 Å². The Balaban J connectivity index is 2.89. The predicted octanol–water partition coefficient (Wildman–Crippen LogP) is -1.41. The van der Waals surface area contributed by atoms with Crippen molar-refractivity contribution in [1.82, 2.24) is 9.97 Å². The molecule has 0 aromatic carbocycles. The maximum Gasteiger partial charge on any atom is 0.371 e. The minimum atomic E-state index is -0.723. The molecule has 7 heteroatoms. The third-order valence-electron chi connectivity index (χ3n) is 1.47. The molecule has 0 atom stereocenters. The second-order valence-corrected chi connectivity index (χ2v) is 2.30. The van der Waals surface area contributed by atoms with Crippen molar-refractivity contribution in [3.63, 3.8) is 0 Å². The van der Waals surface area contributed by atoms with Gasteiger partial charge in [-0.2, -0.15) is 20.5 Å². The van der Waals surface area contributed by atoms with E-state index in [-0.39, 0.29) is 22.4 Å². The topological polar surface area (TPSA) is 115 Å². The Hall–Kier alpha value is -2.67. The standard InChI is InChI=1S/C7N6O/c8-1-3-4(2-9)11-6-5(10-3)12-7(14)13-6. The third-order valence-corrected chi connectivity index (χ3v) is 1.47. The summed E-state index contributed by atoms with van der Waals surface area (Å²) in [5, 5.41) is 17.2. The van der Waals surface area contributed by atoms with Crippen molar-refractivity contribution in [2.75, 3.05) is 0 Å². The second-order valence-electron chi connectivity index (χ2n) is 2.30. The van der Waals surface area contributed by atoms with Gasteiger partial charge < -0.3 is 0 Å². The number of carbonyl (C=O) groups excluding carboxylic acids is 1. The minimum absolute atomic E-state index is 0.00875. The summed E-state index contributed by atoms with van der Waals surface area (Å²) in [6.07, 6.45) is 0. The Labute approximate surface area is 76.7 Å². The minimum Gasteiger partial charge on any atom is -0.244 e. The number of fused-ring (bicyclic) bond motifs is 1. The zero-order chi connectivity index (χ0) is 10.1. The van der Waals surface area contributed by atoms with Crippen LogP contribution in [0.5, 0.6) is 0 Å². The summed E-state index contributed by atoms with van der Waals surface area (Å²) < 4.78 is 0. The van der Waals surface area contributed by atoms with Crippen molar-refractivity contribution in [3.05, 3.63) is 22.4 Å². The number of carbonyl (C=O) groups is 1. The summed E-state index contributed by atoms with van der Waals surface area (Å²) in [6, 6.07) is 2.64. The molecule has 0 spiro atoms. The van der Waals surface area contributed by atoms with Gasteiger partial charge >= 0.3 is 6.03 Å². The number of urea groups is 1. The van der Waals surface area contributed by atoms with Gasteiger partial charge in [0.05, 0.1) is 0 Å². The number of hydrogen-bond acceptors (Lipinski definition) is 5. The summed E-state index contributed by atoms with van der Waals surface area (Å²) in [4.78, 5) is 24.8. The maximum atomic E-state index is 10.7. The van der Waals surface area contributed by atoms with Gasteiger partial charge in [-0.1, -0.05) is 0 Å². The molecule has 7 nitrogen and oxygen atoms in total. The lowest BCUT2D eigenvalue weighted by atomic mass is 10.3. The fourth-order valence-electron chi connectivity index (χ4n) is 0.930. The van der Waals surface area contributed by atoms with Crippen LogP contribution >= 0.6 is 0 Å². The predicted molar refractivity (Wildman–Crippen MR) is 39.2 cm³/mol. The van der Waals surface area contributed by atoms with Gasteiger partial charge in [0.1, 0.15) is 12.1 Å². The number of aromatic nitrogens is 2. The summed E-state index contributed by atoms with van der Waals surface area (Å²) in [5.74, 6) is 0. The molecule has 0 fully saturated rings. The van der Waals surface area contributed by atoms with Gasteiger partial charge in [-0.25, -0.2) is 14.8 Å². The molecule has 1 aliphatic heterocycles. The first-order valence-electron chi connectivity index (χ1n) is 3.44. The average molecular weight is 184 g/mol. The van der Waals surface area contributed by atoms with E-state index in [9.17, 15) is 4.79 Å². The van der Waals surface area contributed by atoms with Crippen molar-refractivity contribution in [2.24, 2.45) is 9.98 Å². The Morgan fingerprint density at radius 1 is 0.929 bits per heavy atom. The van der Waals surface area contributed by atoms with Gasteiger partial charge in [-0.3, -0.25) is 0 Å². The van der Waals surface area contributed by atoms with E-state index in [1.54, 1.807) is 12.1 Å². The molecule has 0 unspecified atom stereocenters. The van der Waals surface area contributed by atoms with Gasteiger partial charge in [0.15, 0.2) is 11.4 Å².